The van der Waals surface area contributed by atoms with Crippen LogP contribution in [0.4, 0.5) is 0 Å². The zero-order valence-corrected chi connectivity index (χ0v) is 23.1. The van der Waals surface area contributed by atoms with E-state index in [0.717, 1.165) is 22.3 Å². The van der Waals surface area contributed by atoms with Crippen molar-refractivity contribution in [2.24, 2.45) is 0 Å². The van der Waals surface area contributed by atoms with E-state index in [1.54, 1.807) is 0 Å². The first-order chi connectivity index (χ1) is 19.4. The molecule has 7 rings (SSSR count). The number of rotatable bonds is 6. The van der Waals surface area contributed by atoms with E-state index in [1.807, 2.05) is 0 Å². The Labute approximate surface area is 231 Å². The summed E-state index contributed by atoms with van der Waals surface area (Å²) in [5, 5.41) is 9.88. The number of benzene rings is 6. The van der Waals surface area contributed by atoms with Gasteiger partial charge < -0.3 is 9.47 Å². The molecule has 188 valence electrons. The lowest BCUT2D eigenvalue weighted by atomic mass is 10.1. The van der Waals surface area contributed by atoms with E-state index in [2.05, 4.69) is 146 Å². The van der Waals surface area contributed by atoms with Crippen molar-refractivity contribution in [1.82, 2.24) is 0 Å². The van der Waals surface area contributed by atoms with Gasteiger partial charge in [-0.05, 0) is 54.6 Å². The molecule has 0 fully saturated rings. The van der Waals surface area contributed by atoms with Gasteiger partial charge in [-0.2, -0.15) is 0 Å². The summed E-state index contributed by atoms with van der Waals surface area (Å²) in [6.07, 6.45) is 0. The molecule has 1 aliphatic heterocycles. The summed E-state index contributed by atoms with van der Waals surface area (Å²) < 4.78 is 12.8. The van der Waals surface area contributed by atoms with E-state index < -0.39 is 15.8 Å². The van der Waals surface area contributed by atoms with Gasteiger partial charge in [0, 0.05) is 10.6 Å². The molecule has 0 bridgehead atoms. The van der Waals surface area contributed by atoms with Crippen LogP contribution >= 0.6 is 15.8 Å². The maximum absolute atomic E-state index is 6.40. The minimum atomic E-state index is -0.812. The molecule has 0 spiro atoms. The Morgan fingerprint density at radius 3 is 1.05 bits per heavy atom. The highest BCUT2D eigenvalue weighted by Crippen LogP contribution is 2.46. The molecule has 0 N–H and O–H groups in total. The predicted octanol–water partition coefficient (Wildman–Crippen LogP) is 6.08. The normalized spacial score (nSPS) is 12.4. The van der Waals surface area contributed by atoms with Crippen molar-refractivity contribution in [3.63, 3.8) is 0 Å². The van der Waals surface area contributed by atoms with Crippen LogP contribution in [-0.4, -0.2) is 6.79 Å². The van der Waals surface area contributed by atoms with Gasteiger partial charge >= 0.3 is 0 Å². The molecule has 0 amide bonds. The Balaban J connectivity index is 1.48. The highest BCUT2D eigenvalue weighted by Gasteiger charge is 2.29. The van der Waals surface area contributed by atoms with Crippen molar-refractivity contribution < 1.29 is 9.47 Å². The monoisotopic (exact) mass is 540 g/mol. The van der Waals surface area contributed by atoms with Crippen molar-refractivity contribution >= 4 is 58.4 Å². The quantitative estimate of drug-likeness (QED) is 0.238. The summed E-state index contributed by atoms with van der Waals surface area (Å²) in [4.78, 5) is 0. The summed E-state index contributed by atoms with van der Waals surface area (Å²) in [7, 11) is -1.62. The van der Waals surface area contributed by atoms with Crippen LogP contribution in [0.3, 0.4) is 0 Å². The minimum Gasteiger partial charge on any atom is -0.456 e. The van der Waals surface area contributed by atoms with E-state index in [9.17, 15) is 0 Å². The van der Waals surface area contributed by atoms with Gasteiger partial charge in [0.15, 0.2) is 0 Å². The molecule has 1 aliphatic rings. The van der Waals surface area contributed by atoms with Crippen LogP contribution in [0.5, 0.6) is 11.5 Å². The van der Waals surface area contributed by atoms with Gasteiger partial charge in [0.1, 0.15) is 11.5 Å². The van der Waals surface area contributed by atoms with Crippen LogP contribution in [0.2, 0.25) is 0 Å². The second-order valence-electron chi connectivity index (χ2n) is 9.35. The first-order valence-electron chi connectivity index (χ1n) is 13.0. The third-order valence-corrected chi connectivity index (χ3v) is 11.9. The lowest BCUT2D eigenvalue weighted by molar-refractivity contribution is 0.115. The molecule has 6 aromatic rings. The Morgan fingerprint density at radius 2 is 0.718 bits per heavy atom. The van der Waals surface area contributed by atoms with Gasteiger partial charge in [-0.15, -0.1) is 0 Å². The summed E-state index contributed by atoms with van der Waals surface area (Å²) in [5.74, 6) is 1.90. The molecule has 0 atom stereocenters. The first-order valence-corrected chi connectivity index (χ1v) is 15.7. The fraction of sp³-hybridized carbons (Fsp3) is 0.0286. The van der Waals surface area contributed by atoms with Gasteiger partial charge in [-0.3, -0.25) is 0 Å². The van der Waals surface area contributed by atoms with E-state index in [-0.39, 0.29) is 6.79 Å². The van der Waals surface area contributed by atoms with Crippen molar-refractivity contribution in [1.29, 1.82) is 0 Å². The topological polar surface area (TPSA) is 18.5 Å². The molecule has 0 aromatic heterocycles. The van der Waals surface area contributed by atoms with E-state index in [4.69, 9.17) is 9.47 Å². The van der Waals surface area contributed by atoms with Gasteiger partial charge in [0.05, 0.1) is 5.39 Å². The lowest BCUT2D eigenvalue weighted by Gasteiger charge is -2.29. The summed E-state index contributed by atoms with van der Waals surface area (Å²) in [6.45, 7) is 0.204. The fourth-order valence-electron chi connectivity index (χ4n) is 5.29. The fourth-order valence-corrected chi connectivity index (χ4v) is 10.1. The van der Waals surface area contributed by atoms with Crippen LogP contribution in [0, 0.1) is 0 Å². The van der Waals surface area contributed by atoms with E-state index in [1.165, 1.54) is 31.8 Å². The lowest BCUT2D eigenvalue weighted by Crippen LogP contribution is -2.28. The molecule has 2 nitrogen and oxygen atoms in total. The van der Waals surface area contributed by atoms with Crippen molar-refractivity contribution in [3.8, 4) is 11.5 Å². The molecule has 0 saturated carbocycles. The third kappa shape index (κ3) is 4.51. The second-order valence-corrected chi connectivity index (χ2v) is 13.7. The van der Waals surface area contributed by atoms with Crippen molar-refractivity contribution in [2.75, 3.05) is 6.79 Å². The van der Waals surface area contributed by atoms with Crippen molar-refractivity contribution in [3.05, 3.63) is 146 Å². The minimum absolute atomic E-state index is 0.204. The summed E-state index contributed by atoms with van der Waals surface area (Å²) in [6, 6.07) is 52.2. The van der Waals surface area contributed by atoms with Gasteiger partial charge in [0.2, 0.25) is 6.79 Å². The average molecular weight is 541 g/mol. The second kappa shape index (κ2) is 10.7. The maximum atomic E-state index is 6.40. The highest BCUT2D eigenvalue weighted by atomic mass is 31.1. The molecule has 4 heteroatoms. The van der Waals surface area contributed by atoms with E-state index in [0.29, 0.717) is 0 Å². The Hall–Kier alpha value is -3.96. The van der Waals surface area contributed by atoms with Crippen molar-refractivity contribution in [2.45, 2.75) is 0 Å². The van der Waals surface area contributed by atoms with E-state index >= 15 is 0 Å². The molecule has 0 radical (unpaired) electrons. The molecular formula is C35H26O2P2. The van der Waals surface area contributed by atoms with Crippen LogP contribution < -0.4 is 41.3 Å². The number of ether oxygens (including phenoxy) is 2. The van der Waals surface area contributed by atoms with Crippen LogP contribution in [0.1, 0.15) is 0 Å². The van der Waals surface area contributed by atoms with Crippen LogP contribution in [0.15, 0.2) is 146 Å². The molecule has 6 aromatic carbocycles. The zero-order chi connectivity index (χ0) is 26.0. The molecule has 0 saturated heterocycles. The average Bonchev–Trinajstić information content (AvgIpc) is 3.02. The Morgan fingerprint density at radius 1 is 0.385 bits per heavy atom. The molecular weight excluding hydrogens is 514 g/mol. The number of hydrogen-bond donors (Lipinski definition) is 0. The summed E-state index contributed by atoms with van der Waals surface area (Å²) >= 11 is 0. The Bertz CT molecular complexity index is 1520. The summed E-state index contributed by atoms with van der Waals surface area (Å²) in [5.41, 5.74) is 0. The van der Waals surface area contributed by atoms with Gasteiger partial charge in [-0.1, -0.05) is 133 Å². The molecule has 39 heavy (non-hydrogen) atoms. The van der Waals surface area contributed by atoms with Crippen LogP contribution in [-0.2, 0) is 0 Å². The Kier molecular flexibility index (Phi) is 6.59. The van der Waals surface area contributed by atoms with Crippen LogP contribution in [0.25, 0.3) is 10.8 Å². The third-order valence-electron chi connectivity index (χ3n) is 7.00. The van der Waals surface area contributed by atoms with Gasteiger partial charge in [0.25, 0.3) is 0 Å². The predicted molar refractivity (Wildman–Crippen MR) is 167 cm³/mol. The maximum Gasteiger partial charge on any atom is 0.231 e. The standard InChI is InChI=1S/C35H26O2P2/c1-5-13-27(14-6-1)38(28-15-7-2-8-16-28)31-23-21-26-22-24-32(35-33(26)34(31)36-25-37-35)39(29-17-9-3-10-18-29)30-19-11-4-12-20-30/h1-24H,25H2. The zero-order valence-electron chi connectivity index (χ0n) is 21.3. The SMILES string of the molecule is c1ccc(P(c2ccccc2)c2ccc3ccc(P(c4ccccc4)c4ccccc4)c4c3c2OCO4)cc1. The largest absolute Gasteiger partial charge is 0.456 e. The molecule has 1 heterocycles. The molecule has 0 aliphatic carbocycles. The smallest absolute Gasteiger partial charge is 0.231 e. The highest BCUT2D eigenvalue weighted by molar-refractivity contribution is 7.80. The van der Waals surface area contributed by atoms with Gasteiger partial charge in [-0.25, -0.2) is 0 Å². The molecule has 0 unspecified atom stereocenters. The number of hydrogen-bond acceptors (Lipinski definition) is 2. The first kappa shape index (κ1) is 24.1.